The lowest BCUT2D eigenvalue weighted by Gasteiger charge is -2.38. The lowest BCUT2D eigenvalue weighted by molar-refractivity contribution is 0.121. The molecule has 3 unspecified atom stereocenters. The summed E-state index contributed by atoms with van der Waals surface area (Å²) in [6, 6.07) is 6.33. The van der Waals surface area contributed by atoms with Crippen LogP contribution in [-0.2, 0) is 0 Å². The summed E-state index contributed by atoms with van der Waals surface area (Å²) in [7, 11) is 0. The second-order valence-electron chi connectivity index (χ2n) is 5.60. The highest BCUT2D eigenvalue weighted by Gasteiger charge is 2.27. The fraction of sp³-hybridized carbons (Fsp3) is 0.600. The number of likely N-dealkylation sites (tertiary alicyclic amines) is 1. The van der Waals surface area contributed by atoms with Gasteiger partial charge >= 0.3 is 0 Å². The first kappa shape index (κ1) is 15.1. The molecule has 0 saturated carbocycles. The van der Waals surface area contributed by atoms with Gasteiger partial charge in [0.2, 0.25) is 0 Å². The first-order chi connectivity index (χ1) is 8.99. The van der Waals surface area contributed by atoms with Gasteiger partial charge in [0.05, 0.1) is 0 Å². The molecule has 1 heterocycles. The monoisotopic (exact) mass is 300 g/mol. The molecule has 1 saturated heterocycles. The number of piperidine rings is 1. The van der Waals surface area contributed by atoms with Crippen LogP contribution in [0.15, 0.2) is 18.2 Å². The Bertz CT molecular complexity index is 434. The third-order valence-corrected chi connectivity index (χ3v) is 4.76. The Kier molecular flexibility index (Phi) is 5.13. The average Bonchev–Trinajstić information content (AvgIpc) is 2.38. The predicted octanol–water partition coefficient (Wildman–Crippen LogP) is 4.11. The maximum Gasteiger partial charge on any atom is 0.0468 e. The van der Waals surface area contributed by atoms with Crippen LogP contribution in [0.1, 0.15) is 38.3 Å². The van der Waals surface area contributed by atoms with Gasteiger partial charge in [0.15, 0.2) is 0 Å². The zero-order valence-electron chi connectivity index (χ0n) is 11.6. The van der Waals surface area contributed by atoms with Crippen LogP contribution in [0, 0.1) is 5.92 Å². The smallest absolute Gasteiger partial charge is 0.0468 e. The van der Waals surface area contributed by atoms with Gasteiger partial charge in [-0.25, -0.2) is 0 Å². The Hall–Kier alpha value is -0.280. The van der Waals surface area contributed by atoms with E-state index in [-0.39, 0.29) is 6.04 Å². The van der Waals surface area contributed by atoms with Crippen LogP contribution in [0.5, 0.6) is 0 Å². The highest BCUT2D eigenvalue weighted by atomic mass is 35.5. The zero-order valence-corrected chi connectivity index (χ0v) is 13.1. The van der Waals surface area contributed by atoms with E-state index in [0.717, 1.165) is 23.7 Å². The minimum Gasteiger partial charge on any atom is -0.328 e. The number of nitrogens with two attached hydrogens (primary N) is 1. The summed E-state index contributed by atoms with van der Waals surface area (Å²) in [4.78, 5) is 2.48. The van der Waals surface area contributed by atoms with Gasteiger partial charge in [-0.2, -0.15) is 0 Å². The van der Waals surface area contributed by atoms with Gasteiger partial charge in [-0.1, -0.05) is 29.3 Å². The molecule has 0 aromatic heterocycles. The third-order valence-electron chi connectivity index (χ3n) is 4.19. The number of hydrogen-bond donors (Lipinski definition) is 1. The zero-order chi connectivity index (χ0) is 14.0. The molecule has 1 fully saturated rings. The molecule has 0 aliphatic carbocycles. The van der Waals surface area contributed by atoms with Crippen molar-refractivity contribution in [3.63, 3.8) is 0 Å². The molecule has 19 heavy (non-hydrogen) atoms. The number of halogens is 2. The lowest BCUT2D eigenvalue weighted by atomic mass is 9.90. The number of rotatable bonds is 3. The molecule has 1 aromatic carbocycles. The van der Waals surface area contributed by atoms with E-state index in [1.165, 1.54) is 12.8 Å². The van der Waals surface area contributed by atoms with Crippen molar-refractivity contribution in [2.24, 2.45) is 11.7 Å². The first-order valence-corrected chi connectivity index (χ1v) is 7.69. The molecule has 1 aromatic rings. The maximum absolute atomic E-state index is 6.31. The van der Waals surface area contributed by atoms with E-state index in [9.17, 15) is 0 Å². The van der Waals surface area contributed by atoms with Crippen LogP contribution in [-0.4, -0.2) is 24.0 Å². The highest BCUT2D eigenvalue weighted by molar-refractivity contribution is 6.35. The van der Waals surface area contributed by atoms with E-state index in [2.05, 4.69) is 18.7 Å². The summed E-state index contributed by atoms with van der Waals surface area (Å²) in [6.45, 7) is 6.48. The van der Waals surface area contributed by atoms with Crippen molar-refractivity contribution in [2.75, 3.05) is 13.1 Å². The molecule has 0 amide bonds. The quantitative estimate of drug-likeness (QED) is 0.910. The van der Waals surface area contributed by atoms with E-state index in [1.54, 1.807) is 0 Å². The van der Waals surface area contributed by atoms with E-state index in [0.29, 0.717) is 17.0 Å². The van der Waals surface area contributed by atoms with E-state index >= 15 is 0 Å². The van der Waals surface area contributed by atoms with Crippen LogP contribution in [0.3, 0.4) is 0 Å². The van der Waals surface area contributed by atoms with Crippen molar-refractivity contribution in [3.05, 3.63) is 33.8 Å². The van der Waals surface area contributed by atoms with Crippen LogP contribution < -0.4 is 5.73 Å². The van der Waals surface area contributed by atoms with Gasteiger partial charge in [-0.15, -0.1) is 0 Å². The number of hydrogen-bond acceptors (Lipinski definition) is 2. The van der Waals surface area contributed by atoms with Crippen molar-refractivity contribution in [3.8, 4) is 0 Å². The third kappa shape index (κ3) is 3.63. The van der Waals surface area contributed by atoms with E-state index in [4.69, 9.17) is 28.9 Å². The Morgan fingerprint density at radius 2 is 2.05 bits per heavy atom. The van der Waals surface area contributed by atoms with Crippen LogP contribution in [0.2, 0.25) is 10.0 Å². The summed E-state index contributed by atoms with van der Waals surface area (Å²) >= 11 is 12.3. The predicted molar refractivity (Wildman–Crippen MR) is 82.8 cm³/mol. The van der Waals surface area contributed by atoms with Gasteiger partial charge in [-0.3, -0.25) is 4.90 Å². The Balaban J connectivity index is 2.12. The molecule has 1 aliphatic heterocycles. The first-order valence-electron chi connectivity index (χ1n) is 6.93. The fourth-order valence-electron chi connectivity index (χ4n) is 2.86. The summed E-state index contributed by atoms with van der Waals surface area (Å²) in [5.41, 5.74) is 7.20. The van der Waals surface area contributed by atoms with Crippen molar-refractivity contribution in [1.29, 1.82) is 0 Å². The molecule has 0 spiro atoms. The second-order valence-corrected chi connectivity index (χ2v) is 6.44. The molecule has 2 N–H and O–H groups in total. The summed E-state index contributed by atoms with van der Waals surface area (Å²) in [5, 5.41) is 1.44. The van der Waals surface area contributed by atoms with E-state index in [1.807, 2.05) is 18.2 Å². The van der Waals surface area contributed by atoms with Gasteiger partial charge < -0.3 is 5.73 Å². The Labute approximate surface area is 125 Å². The normalized spacial score (nSPS) is 24.2. The van der Waals surface area contributed by atoms with Crippen molar-refractivity contribution in [2.45, 2.75) is 38.8 Å². The molecule has 1 aliphatic rings. The van der Waals surface area contributed by atoms with Crippen molar-refractivity contribution < 1.29 is 0 Å². The topological polar surface area (TPSA) is 29.3 Å². The van der Waals surface area contributed by atoms with Gasteiger partial charge in [0.25, 0.3) is 0 Å². The molecule has 4 heteroatoms. The SMILES string of the molecule is CC(N)C1CCCN(C(C)c2ccc(Cl)cc2Cl)C1. The molecule has 2 nitrogen and oxygen atoms in total. The molecular formula is C15H22Cl2N2. The minimum atomic E-state index is 0.260. The van der Waals surface area contributed by atoms with Crippen LogP contribution in [0.4, 0.5) is 0 Å². The van der Waals surface area contributed by atoms with Crippen LogP contribution in [0.25, 0.3) is 0 Å². The molecule has 106 valence electrons. The second kappa shape index (κ2) is 6.45. The summed E-state index contributed by atoms with van der Waals surface area (Å²) in [6.07, 6.45) is 2.44. The largest absolute Gasteiger partial charge is 0.328 e. The number of nitrogens with zero attached hydrogens (tertiary/aromatic N) is 1. The summed E-state index contributed by atoms with van der Waals surface area (Å²) in [5.74, 6) is 0.585. The molecule has 2 rings (SSSR count). The van der Waals surface area contributed by atoms with Gasteiger partial charge in [-0.05, 0) is 56.8 Å². The standard InChI is InChI=1S/C15H22Cl2N2/c1-10(18)12-4-3-7-19(9-12)11(2)14-6-5-13(16)8-15(14)17/h5-6,8,10-12H,3-4,7,9,18H2,1-2H3. The Morgan fingerprint density at radius 3 is 2.68 bits per heavy atom. The average molecular weight is 301 g/mol. The van der Waals surface area contributed by atoms with Crippen molar-refractivity contribution >= 4 is 23.2 Å². The van der Waals surface area contributed by atoms with E-state index < -0.39 is 0 Å². The fourth-order valence-corrected chi connectivity index (χ4v) is 3.42. The maximum atomic E-state index is 6.31. The van der Waals surface area contributed by atoms with Gasteiger partial charge in [0, 0.05) is 28.7 Å². The molecular weight excluding hydrogens is 279 g/mol. The number of benzene rings is 1. The summed E-state index contributed by atoms with van der Waals surface area (Å²) < 4.78 is 0. The molecule has 3 atom stereocenters. The van der Waals surface area contributed by atoms with Crippen molar-refractivity contribution in [1.82, 2.24) is 4.90 Å². The van der Waals surface area contributed by atoms with Gasteiger partial charge in [0.1, 0.15) is 0 Å². The molecule has 0 radical (unpaired) electrons. The molecule has 0 bridgehead atoms. The highest BCUT2D eigenvalue weighted by Crippen LogP contribution is 2.32. The lowest BCUT2D eigenvalue weighted by Crippen LogP contribution is -2.43. The Morgan fingerprint density at radius 1 is 1.32 bits per heavy atom. The van der Waals surface area contributed by atoms with Crippen LogP contribution >= 0.6 is 23.2 Å². The minimum absolute atomic E-state index is 0.260.